The molecule has 0 unspecified atom stereocenters. The zero-order valence-electron chi connectivity index (χ0n) is 35.6. The highest BCUT2D eigenvalue weighted by Gasteiger charge is 2.45. The van der Waals surface area contributed by atoms with Crippen LogP contribution < -0.4 is 0 Å². The first-order valence-electron chi connectivity index (χ1n) is 22.3. The van der Waals surface area contributed by atoms with E-state index < -0.39 is 5.41 Å². The zero-order chi connectivity index (χ0) is 43.2. The lowest BCUT2D eigenvalue weighted by molar-refractivity contribution is 0.768. The lowest BCUT2D eigenvalue weighted by Crippen LogP contribution is -2.28. The lowest BCUT2D eigenvalue weighted by Gasteiger charge is -2.33. The first-order chi connectivity index (χ1) is 32.2. The Balaban J connectivity index is 0.897. The number of rotatable bonds is 8. The molecule has 1 aliphatic rings. The topological polar surface area (TPSA) is 25.8 Å². The third-order valence-electron chi connectivity index (χ3n) is 13.2. The smallest absolute Gasteiger partial charge is 0.160 e. The van der Waals surface area contributed by atoms with E-state index in [4.69, 9.17) is 9.97 Å². The van der Waals surface area contributed by atoms with Gasteiger partial charge in [0.1, 0.15) is 0 Å². The summed E-state index contributed by atoms with van der Waals surface area (Å²) >= 11 is 0. The molecule has 0 saturated heterocycles. The molecule has 1 heterocycles. The quantitative estimate of drug-likeness (QED) is 0.152. The number of benzene rings is 10. The maximum absolute atomic E-state index is 5.18. The van der Waals surface area contributed by atoms with E-state index in [-0.39, 0.29) is 0 Å². The van der Waals surface area contributed by atoms with Gasteiger partial charge in [0.05, 0.1) is 16.8 Å². The van der Waals surface area contributed by atoms with Crippen LogP contribution in [0.3, 0.4) is 0 Å². The first-order valence-corrected chi connectivity index (χ1v) is 22.3. The predicted octanol–water partition coefficient (Wildman–Crippen LogP) is 16.0. The van der Waals surface area contributed by atoms with Crippen molar-refractivity contribution in [3.63, 3.8) is 0 Å². The molecule has 11 aromatic rings. The molecule has 0 spiro atoms. The maximum atomic E-state index is 5.18. The van der Waals surface area contributed by atoms with Gasteiger partial charge in [-0.1, -0.05) is 237 Å². The largest absolute Gasteiger partial charge is 0.228 e. The van der Waals surface area contributed by atoms with Gasteiger partial charge in [0.15, 0.2) is 5.82 Å². The van der Waals surface area contributed by atoms with E-state index in [0.717, 1.165) is 33.5 Å². The Labute approximate surface area is 379 Å². The molecular weight excluding hydrogens is 785 g/mol. The van der Waals surface area contributed by atoms with Crippen molar-refractivity contribution >= 4 is 10.8 Å². The molecule has 0 fully saturated rings. The number of aromatic nitrogens is 2. The number of fused-ring (bicyclic) bond motifs is 4. The van der Waals surface area contributed by atoms with Crippen LogP contribution in [0.4, 0.5) is 0 Å². The third-order valence-corrected chi connectivity index (χ3v) is 13.2. The van der Waals surface area contributed by atoms with Gasteiger partial charge in [-0.15, -0.1) is 0 Å². The van der Waals surface area contributed by atoms with Gasteiger partial charge in [0.25, 0.3) is 0 Å². The van der Waals surface area contributed by atoms with Crippen LogP contribution in [0.1, 0.15) is 22.3 Å². The van der Waals surface area contributed by atoms with Gasteiger partial charge >= 0.3 is 0 Å². The van der Waals surface area contributed by atoms with Crippen LogP contribution in [0.15, 0.2) is 255 Å². The Morgan fingerprint density at radius 2 is 0.723 bits per heavy atom. The Morgan fingerprint density at radius 1 is 0.246 bits per heavy atom. The Bertz CT molecular complexity index is 3410. The van der Waals surface area contributed by atoms with E-state index >= 15 is 0 Å². The van der Waals surface area contributed by atoms with Crippen molar-refractivity contribution in [2.75, 3.05) is 0 Å². The first kappa shape index (κ1) is 38.2. The van der Waals surface area contributed by atoms with Crippen molar-refractivity contribution in [2.45, 2.75) is 5.41 Å². The van der Waals surface area contributed by atoms with Crippen molar-refractivity contribution in [1.29, 1.82) is 0 Å². The van der Waals surface area contributed by atoms with Crippen molar-refractivity contribution in [3.8, 4) is 78.4 Å². The van der Waals surface area contributed by atoms with Gasteiger partial charge in [-0.2, -0.15) is 0 Å². The molecule has 1 aromatic heterocycles. The van der Waals surface area contributed by atoms with Crippen LogP contribution in [-0.4, -0.2) is 9.97 Å². The van der Waals surface area contributed by atoms with E-state index in [2.05, 4.69) is 231 Å². The minimum atomic E-state index is -0.402. The number of hydrogen-bond donors (Lipinski definition) is 0. The average molecular weight is 827 g/mol. The summed E-state index contributed by atoms with van der Waals surface area (Å²) in [5, 5.41) is 2.33. The molecule has 0 atom stereocenters. The lowest BCUT2D eigenvalue weighted by atomic mass is 9.67. The van der Waals surface area contributed by atoms with Crippen molar-refractivity contribution in [2.24, 2.45) is 0 Å². The standard InChI is InChI=1S/C63H42N2/c1-5-18-45(19-6-1)60-42-61(65-62(64-60)46-20-7-2-8-21-46)56-38-37-52(53-28-13-14-29-54(53)56)49-23-17-22-47(40-49)43-32-34-44(35-33-43)48-36-39-59-57(41-48)55-30-15-16-31-58(55)63(59,50-24-9-3-10-25-50)51-26-11-4-12-27-51/h1-42H. The van der Waals surface area contributed by atoms with Crippen LogP contribution in [0.2, 0.25) is 0 Å². The van der Waals surface area contributed by atoms with E-state index in [1.807, 2.05) is 24.3 Å². The second-order valence-corrected chi connectivity index (χ2v) is 16.8. The molecule has 304 valence electrons. The maximum Gasteiger partial charge on any atom is 0.160 e. The minimum absolute atomic E-state index is 0.402. The highest BCUT2D eigenvalue weighted by molar-refractivity contribution is 6.05. The summed E-state index contributed by atoms with van der Waals surface area (Å²) in [7, 11) is 0. The Kier molecular flexibility index (Phi) is 9.43. The minimum Gasteiger partial charge on any atom is -0.228 e. The number of hydrogen-bond acceptors (Lipinski definition) is 2. The van der Waals surface area contributed by atoms with Gasteiger partial charge in [-0.3, -0.25) is 0 Å². The second kappa shape index (κ2) is 16.0. The fraction of sp³-hybridized carbons (Fsp3) is 0.0159. The molecule has 0 aliphatic heterocycles. The van der Waals surface area contributed by atoms with Crippen LogP contribution in [0.5, 0.6) is 0 Å². The second-order valence-electron chi connectivity index (χ2n) is 16.8. The molecule has 2 heteroatoms. The third kappa shape index (κ3) is 6.58. The van der Waals surface area contributed by atoms with E-state index in [9.17, 15) is 0 Å². The normalized spacial score (nSPS) is 12.4. The van der Waals surface area contributed by atoms with Crippen molar-refractivity contribution in [1.82, 2.24) is 9.97 Å². The molecule has 12 rings (SSSR count). The predicted molar refractivity (Wildman–Crippen MR) is 269 cm³/mol. The van der Waals surface area contributed by atoms with E-state index in [0.29, 0.717) is 5.82 Å². The number of nitrogens with zero attached hydrogens (tertiary/aromatic N) is 2. The molecule has 1 aliphatic carbocycles. The summed E-state index contributed by atoms with van der Waals surface area (Å²) in [5.74, 6) is 0.712. The monoisotopic (exact) mass is 826 g/mol. The Morgan fingerprint density at radius 3 is 1.40 bits per heavy atom. The van der Waals surface area contributed by atoms with E-state index in [1.165, 1.54) is 72.1 Å². The average Bonchev–Trinajstić information content (AvgIpc) is 3.69. The molecule has 0 radical (unpaired) electrons. The van der Waals surface area contributed by atoms with Gasteiger partial charge in [-0.05, 0) is 95.7 Å². The molecule has 0 bridgehead atoms. The summed E-state index contributed by atoms with van der Waals surface area (Å²) in [5.41, 5.74) is 19.4. The van der Waals surface area contributed by atoms with Crippen LogP contribution in [0, 0.1) is 0 Å². The van der Waals surface area contributed by atoms with Crippen molar-refractivity contribution < 1.29 is 0 Å². The summed E-state index contributed by atoms with van der Waals surface area (Å²) < 4.78 is 0. The highest BCUT2D eigenvalue weighted by atomic mass is 14.9. The van der Waals surface area contributed by atoms with Gasteiger partial charge in [-0.25, -0.2) is 9.97 Å². The highest BCUT2D eigenvalue weighted by Crippen LogP contribution is 2.56. The Hall–Kier alpha value is -8.46. The molecule has 10 aromatic carbocycles. The molecule has 2 nitrogen and oxygen atoms in total. The molecule has 0 amide bonds. The fourth-order valence-corrected chi connectivity index (χ4v) is 10.2. The van der Waals surface area contributed by atoms with Crippen LogP contribution in [-0.2, 0) is 5.41 Å². The van der Waals surface area contributed by atoms with Gasteiger partial charge < -0.3 is 0 Å². The van der Waals surface area contributed by atoms with Crippen LogP contribution >= 0.6 is 0 Å². The van der Waals surface area contributed by atoms with Crippen molar-refractivity contribution in [3.05, 3.63) is 277 Å². The molecule has 0 saturated carbocycles. The fourth-order valence-electron chi connectivity index (χ4n) is 10.2. The molecule has 0 N–H and O–H groups in total. The summed E-state index contributed by atoms with van der Waals surface area (Å²) in [4.78, 5) is 10.2. The SMILES string of the molecule is c1ccc(-c2cc(-c3ccc(-c4cccc(-c5ccc(-c6ccc7c(c6)-c6ccccc6C7(c6ccccc6)c6ccccc6)cc5)c4)c4ccccc34)nc(-c3ccccc3)n2)cc1. The van der Waals surface area contributed by atoms with Gasteiger partial charge in [0.2, 0.25) is 0 Å². The molecular formula is C63H42N2. The summed E-state index contributed by atoms with van der Waals surface area (Å²) in [6.45, 7) is 0. The van der Waals surface area contributed by atoms with E-state index in [1.54, 1.807) is 0 Å². The van der Waals surface area contributed by atoms with Crippen LogP contribution in [0.25, 0.3) is 89.2 Å². The molecule has 65 heavy (non-hydrogen) atoms. The van der Waals surface area contributed by atoms with Gasteiger partial charge in [0, 0.05) is 16.7 Å². The zero-order valence-corrected chi connectivity index (χ0v) is 35.6. The summed E-state index contributed by atoms with van der Waals surface area (Å²) in [6, 6.07) is 91.9. The summed E-state index contributed by atoms with van der Waals surface area (Å²) in [6.07, 6.45) is 0.